The lowest BCUT2D eigenvalue weighted by molar-refractivity contribution is -0.145. The van der Waals surface area contributed by atoms with Gasteiger partial charge in [0.25, 0.3) is 0 Å². The van der Waals surface area contributed by atoms with Crippen LogP contribution in [-0.2, 0) is 6.18 Å². The van der Waals surface area contributed by atoms with Gasteiger partial charge in [0.2, 0.25) is 5.82 Å². The number of aromatic nitrogens is 6. The number of hydrogen-bond donors (Lipinski definition) is 1. The number of methoxy groups -OCH3 is 1. The summed E-state index contributed by atoms with van der Waals surface area (Å²) in [6.07, 6.45) is 2.50. The molecule has 0 fully saturated rings. The van der Waals surface area contributed by atoms with Gasteiger partial charge in [-0.2, -0.15) is 13.2 Å². The summed E-state index contributed by atoms with van der Waals surface area (Å²) in [7, 11) is 1.53. The Bertz CT molecular complexity index is 1250. The van der Waals surface area contributed by atoms with Crippen molar-refractivity contribution in [2.24, 2.45) is 0 Å². The van der Waals surface area contributed by atoms with Crippen molar-refractivity contribution in [2.45, 2.75) is 26.1 Å². The molecule has 1 N–H and O–H groups in total. The highest BCUT2D eigenvalue weighted by atomic mass is 19.4. The molecule has 0 aliphatic rings. The second kappa shape index (κ2) is 8.33. The fraction of sp³-hybridized carbons (Fsp3) is 0.238. The standard InChI is InChI=1S/C21H18F3N7O/c1-11-6-25-18(26-7-11)13-4-15-17(16(5-13)32-3)29-10-30-19(15)31-12(2)14-8-27-20(28-9-14)21(22,23)24/h4-10,12H,1-3H3,(H,29,30,31). The van der Waals surface area contributed by atoms with Gasteiger partial charge in [0.1, 0.15) is 23.4 Å². The Hall–Kier alpha value is -3.89. The summed E-state index contributed by atoms with van der Waals surface area (Å²) in [5, 5.41) is 3.83. The van der Waals surface area contributed by atoms with Crippen LogP contribution >= 0.6 is 0 Å². The molecule has 0 bridgehead atoms. The Labute approximate surface area is 181 Å². The van der Waals surface area contributed by atoms with Gasteiger partial charge < -0.3 is 10.1 Å². The van der Waals surface area contributed by atoms with Crippen LogP contribution < -0.4 is 10.1 Å². The van der Waals surface area contributed by atoms with Crippen LogP contribution in [0.1, 0.15) is 29.9 Å². The Kier molecular flexibility index (Phi) is 5.56. The van der Waals surface area contributed by atoms with Gasteiger partial charge in [-0.1, -0.05) is 0 Å². The summed E-state index contributed by atoms with van der Waals surface area (Å²) in [6.45, 7) is 3.66. The van der Waals surface area contributed by atoms with Gasteiger partial charge in [0, 0.05) is 41.3 Å². The first-order valence-electron chi connectivity index (χ1n) is 9.53. The molecule has 0 saturated carbocycles. The zero-order valence-electron chi connectivity index (χ0n) is 17.3. The van der Waals surface area contributed by atoms with Crippen LogP contribution in [0.25, 0.3) is 22.3 Å². The Morgan fingerprint density at radius 1 is 0.938 bits per heavy atom. The molecule has 3 heterocycles. The SMILES string of the molecule is COc1cc(-c2ncc(C)cn2)cc2c(NC(C)c3cnc(C(F)(F)F)nc3)ncnc12. The summed E-state index contributed by atoms with van der Waals surface area (Å²) < 4.78 is 43.7. The molecule has 0 amide bonds. The minimum absolute atomic E-state index is 0.430. The lowest BCUT2D eigenvalue weighted by atomic mass is 10.1. The lowest BCUT2D eigenvalue weighted by Gasteiger charge is -2.17. The van der Waals surface area contributed by atoms with Gasteiger partial charge in [-0.3, -0.25) is 0 Å². The summed E-state index contributed by atoms with van der Waals surface area (Å²) in [4.78, 5) is 24.2. The molecule has 11 heteroatoms. The minimum atomic E-state index is -4.59. The number of nitrogens with one attached hydrogen (secondary N) is 1. The van der Waals surface area contributed by atoms with E-state index in [1.807, 2.05) is 13.0 Å². The average molecular weight is 441 g/mol. The quantitative estimate of drug-likeness (QED) is 0.487. The molecule has 0 radical (unpaired) electrons. The highest BCUT2D eigenvalue weighted by molar-refractivity contribution is 5.96. The lowest BCUT2D eigenvalue weighted by Crippen LogP contribution is -2.14. The Balaban J connectivity index is 1.72. The van der Waals surface area contributed by atoms with E-state index < -0.39 is 18.0 Å². The van der Waals surface area contributed by atoms with Crippen LogP contribution in [0.15, 0.2) is 43.2 Å². The molecule has 0 spiro atoms. The van der Waals surface area contributed by atoms with Crippen LogP contribution in [0.3, 0.4) is 0 Å². The number of ether oxygens (including phenoxy) is 1. The smallest absolute Gasteiger partial charge is 0.451 e. The number of hydrogen-bond acceptors (Lipinski definition) is 8. The molecule has 0 aliphatic heterocycles. The van der Waals surface area contributed by atoms with Crippen molar-refractivity contribution in [3.05, 3.63) is 60.2 Å². The zero-order valence-corrected chi connectivity index (χ0v) is 17.3. The molecule has 1 unspecified atom stereocenters. The number of benzene rings is 1. The van der Waals surface area contributed by atoms with Crippen LogP contribution in [0.5, 0.6) is 5.75 Å². The highest BCUT2D eigenvalue weighted by Crippen LogP contribution is 2.34. The van der Waals surface area contributed by atoms with E-state index in [0.29, 0.717) is 39.4 Å². The number of anilines is 1. The molecule has 164 valence electrons. The maximum absolute atomic E-state index is 12.7. The fourth-order valence-electron chi connectivity index (χ4n) is 3.07. The van der Waals surface area contributed by atoms with Gasteiger partial charge in [-0.15, -0.1) is 0 Å². The van der Waals surface area contributed by atoms with E-state index in [9.17, 15) is 13.2 Å². The third-order valence-corrected chi connectivity index (χ3v) is 4.74. The maximum atomic E-state index is 12.7. The Morgan fingerprint density at radius 2 is 1.62 bits per heavy atom. The van der Waals surface area contributed by atoms with E-state index in [4.69, 9.17) is 4.74 Å². The minimum Gasteiger partial charge on any atom is -0.494 e. The number of fused-ring (bicyclic) bond motifs is 1. The van der Waals surface area contributed by atoms with E-state index in [1.165, 1.54) is 13.4 Å². The van der Waals surface area contributed by atoms with Crippen molar-refractivity contribution >= 4 is 16.7 Å². The molecular formula is C21H18F3N7O. The molecule has 4 rings (SSSR count). The van der Waals surface area contributed by atoms with Crippen molar-refractivity contribution in [3.8, 4) is 17.1 Å². The third-order valence-electron chi connectivity index (χ3n) is 4.74. The summed E-state index contributed by atoms with van der Waals surface area (Å²) in [6, 6.07) is 3.19. The summed E-state index contributed by atoms with van der Waals surface area (Å²) in [5.41, 5.74) is 2.67. The predicted octanol–water partition coefficient (Wildman–Crippen LogP) is 4.39. The predicted molar refractivity (Wildman–Crippen MR) is 111 cm³/mol. The van der Waals surface area contributed by atoms with E-state index in [1.54, 1.807) is 25.4 Å². The van der Waals surface area contributed by atoms with E-state index >= 15 is 0 Å². The van der Waals surface area contributed by atoms with Crippen LogP contribution in [0, 0.1) is 6.92 Å². The number of rotatable bonds is 5. The zero-order chi connectivity index (χ0) is 22.9. The first-order valence-corrected chi connectivity index (χ1v) is 9.53. The molecule has 4 aromatic rings. The molecular weight excluding hydrogens is 423 g/mol. The van der Waals surface area contributed by atoms with Gasteiger partial charge in [0.05, 0.1) is 13.2 Å². The average Bonchev–Trinajstić information content (AvgIpc) is 2.78. The third kappa shape index (κ3) is 4.27. The van der Waals surface area contributed by atoms with Gasteiger partial charge in [-0.05, 0) is 31.5 Å². The molecule has 32 heavy (non-hydrogen) atoms. The normalized spacial score (nSPS) is 12.6. The number of nitrogens with zero attached hydrogens (tertiary/aromatic N) is 6. The fourth-order valence-corrected chi connectivity index (χ4v) is 3.07. The number of aryl methyl sites for hydroxylation is 1. The summed E-state index contributed by atoms with van der Waals surface area (Å²) in [5.74, 6) is 0.301. The second-order valence-electron chi connectivity index (χ2n) is 7.08. The summed E-state index contributed by atoms with van der Waals surface area (Å²) >= 11 is 0. The highest BCUT2D eigenvalue weighted by Gasteiger charge is 2.34. The van der Waals surface area contributed by atoms with Gasteiger partial charge in [0.15, 0.2) is 5.82 Å². The molecule has 0 aliphatic carbocycles. The molecule has 1 atom stereocenters. The monoisotopic (exact) mass is 441 g/mol. The molecule has 0 saturated heterocycles. The first-order chi connectivity index (χ1) is 15.3. The first kappa shape index (κ1) is 21.3. The molecule has 8 nitrogen and oxygen atoms in total. The number of halogens is 3. The molecule has 3 aromatic heterocycles. The van der Waals surface area contributed by atoms with Crippen LogP contribution in [0.2, 0.25) is 0 Å². The van der Waals surface area contributed by atoms with Crippen LogP contribution in [0.4, 0.5) is 19.0 Å². The van der Waals surface area contributed by atoms with E-state index in [2.05, 4.69) is 35.2 Å². The topological polar surface area (TPSA) is 98.6 Å². The van der Waals surface area contributed by atoms with Crippen LogP contribution in [-0.4, -0.2) is 37.0 Å². The Morgan fingerprint density at radius 3 is 2.25 bits per heavy atom. The largest absolute Gasteiger partial charge is 0.494 e. The van der Waals surface area contributed by atoms with Gasteiger partial charge in [-0.25, -0.2) is 29.9 Å². The maximum Gasteiger partial charge on any atom is 0.451 e. The second-order valence-corrected chi connectivity index (χ2v) is 7.08. The van der Waals surface area contributed by atoms with Crippen molar-refractivity contribution in [2.75, 3.05) is 12.4 Å². The van der Waals surface area contributed by atoms with Crippen molar-refractivity contribution < 1.29 is 17.9 Å². The van der Waals surface area contributed by atoms with Crippen molar-refractivity contribution in [1.82, 2.24) is 29.9 Å². The van der Waals surface area contributed by atoms with Crippen molar-refractivity contribution in [1.29, 1.82) is 0 Å². The molecule has 1 aromatic carbocycles. The van der Waals surface area contributed by atoms with E-state index in [-0.39, 0.29) is 0 Å². The number of alkyl halides is 3. The van der Waals surface area contributed by atoms with Crippen molar-refractivity contribution in [3.63, 3.8) is 0 Å². The van der Waals surface area contributed by atoms with Gasteiger partial charge >= 0.3 is 6.18 Å². The van der Waals surface area contributed by atoms with E-state index in [0.717, 1.165) is 18.0 Å².